The van der Waals surface area contributed by atoms with Gasteiger partial charge in [0.2, 0.25) is 11.7 Å². The van der Waals surface area contributed by atoms with E-state index in [9.17, 15) is 4.79 Å². The molecule has 0 aliphatic carbocycles. The van der Waals surface area contributed by atoms with Crippen LogP contribution in [0.1, 0.15) is 6.92 Å². The number of carbonyl (C=O) groups excluding carboxylic acids is 1. The number of benzene rings is 2. The van der Waals surface area contributed by atoms with Gasteiger partial charge >= 0.3 is 0 Å². The third kappa shape index (κ3) is 4.79. The van der Waals surface area contributed by atoms with E-state index >= 15 is 0 Å². The van der Waals surface area contributed by atoms with E-state index in [1.807, 2.05) is 47.9 Å². The van der Waals surface area contributed by atoms with Crippen molar-refractivity contribution in [2.45, 2.75) is 12.1 Å². The fourth-order valence-electron chi connectivity index (χ4n) is 3.25. The smallest absolute Gasteiger partial charge is 0.236 e. The summed E-state index contributed by atoms with van der Waals surface area (Å²) in [5, 5.41) is 13.1. The number of aromatic nitrogens is 4. The number of nitrogens with zero attached hydrogens (tertiary/aromatic N) is 4. The molecule has 8 nitrogen and oxygen atoms in total. The monoisotopic (exact) mass is 511 g/mol. The molecular formula is C23H18ClN5O3S2. The topological polar surface area (TPSA) is 95.1 Å². The van der Waals surface area contributed by atoms with Crippen molar-refractivity contribution in [3.05, 3.63) is 65.9 Å². The number of rotatable bonds is 8. The molecule has 3 heterocycles. The number of hydrogen-bond donors (Lipinski definition) is 1. The minimum Gasteiger partial charge on any atom is -0.494 e. The van der Waals surface area contributed by atoms with Crippen molar-refractivity contribution < 1.29 is 13.9 Å². The van der Waals surface area contributed by atoms with E-state index in [0.29, 0.717) is 33.5 Å². The molecule has 0 saturated carbocycles. The van der Waals surface area contributed by atoms with Crippen LogP contribution in [0.15, 0.2) is 70.4 Å². The number of ether oxygens (including phenoxy) is 1. The molecule has 5 aromatic rings. The second-order valence-electron chi connectivity index (χ2n) is 7.01. The van der Waals surface area contributed by atoms with Gasteiger partial charge in [0.25, 0.3) is 0 Å². The summed E-state index contributed by atoms with van der Waals surface area (Å²) >= 11 is 8.72. The normalized spacial score (nSPS) is 11.1. The molecule has 0 saturated heterocycles. The third-order valence-corrected chi connectivity index (χ3v) is 6.82. The molecule has 34 heavy (non-hydrogen) atoms. The molecule has 0 unspecified atom stereocenters. The second-order valence-corrected chi connectivity index (χ2v) is 9.42. The van der Waals surface area contributed by atoms with Crippen LogP contribution in [0.4, 0.5) is 5.13 Å². The number of thiazole rings is 1. The SMILES string of the molecule is CCOc1ccc2nc(NC(=O)CSc3nnc(-c4ccco4)n3-c3ccc(Cl)cc3)sc2c1. The quantitative estimate of drug-likeness (QED) is 0.258. The van der Waals surface area contributed by atoms with Crippen molar-refractivity contribution in [3.63, 3.8) is 0 Å². The molecule has 2 aromatic carbocycles. The van der Waals surface area contributed by atoms with Crippen molar-refractivity contribution in [1.82, 2.24) is 19.7 Å². The van der Waals surface area contributed by atoms with Gasteiger partial charge in [0.1, 0.15) is 5.75 Å². The van der Waals surface area contributed by atoms with Gasteiger partial charge in [-0.3, -0.25) is 9.36 Å². The lowest BCUT2D eigenvalue weighted by Crippen LogP contribution is -2.14. The average molecular weight is 512 g/mol. The fraction of sp³-hybridized carbons (Fsp3) is 0.130. The van der Waals surface area contributed by atoms with Crippen molar-refractivity contribution in [1.29, 1.82) is 0 Å². The van der Waals surface area contributed by atoms with E-state index in [4.69, 9.17) is 20.8 Å². The molecule has 5 rings (SSSR count). The Bertz CT molecular complexity index is 1430. The van der Waals surface area contributed by atoms with Crippen molar-refractivity contribution >= 4 is 56.0 Å². The number of halogens is 1. The zero-order valence-electron chi connectivity index (χ0n) is 17.9. The van der Waals surface area contributed by atoms with Crippen LogP contribution in [-0.2, 0) is 4.79 Å². The van der Waals surface area contributed by atoms with Crippen LogP contribution in [-0.4, -0.2) is 38.0 Å². The molecule has 0 spiro atoms. The van der Waals surface area contributed by atoms with Gasteiger partial charge in [-0.25, -0.2) is 4.98 Å². The van der Waals surface area contributed by atoms with Gasteiger partial charge in [0.05, 0.1) is 28.8 Å². The highest BCUT2D eigenvalue weighted by Gasteiger charge is 2.19. The third-order valence-electron chi connectivity index (χ3n) is 4.71. The Morgan fingerprint density at radius 2 is 2.06 bits per heavy atom. The zero-order chi connectivity index (χ0) is 23.5. The summed E-state index contributed by atoms with van der Waals surface area (Å²) in [6.07, 6.45) is 1.58. The molecule has 0 atom stereocenters. The van der Waals surface area contributed by atoms with Crippen LogP contribution in [0.2, 0.25) is 5.02 Å². The largest absolute Gasteiger partial charge is 0.494 e. The molecule has 0 bridgehead atoms. The maximum atomic E-state index is 12.7. The lowest BCUT2D eigenvalue weighted by molar-refractivity contribution is -0.113. The summed E-state index contributed by atoms with van der Waals surface area (Å²) in [7, 11) is 0. The maximum absolute atomic E-state index is 12.7. The average Bonchev–Trinajstić information content (AvgIpc) is 3.57. The summed E-state index contributed by atoms with van der Waals surface area (Å²) in [4.78, 5) is 17.2. The van der Waals surface area contributed by atoms with Crippen LogP contribution in [0.25, 0.3) is 27.5 Å². The van der Waals surface area contributed by atoms with Crippen molar-refractivity contribution in [3.8, 4) is 23.0 Å². The van der Waals surface area contributed by atoms with Crippen molar-refractivity contribution in [2.75, 3.05) is 17.7 Å². The number of amides is 1. The van der Waals surface area contributed by atoms with Gasteiger partial charge in [0, 0.05) is 10.7 Å². The Balaban J connectivity index is 1.33. The standard InChI is InChI=1S/C23H18ClN5O3S2/c1-2-31-16-9-10-17-19(12-16)34-22(25-17)26-20(30)13-33-23-28-27-21(18-4-3-11-32-18)29(23)15-7-5-14(24)6-8-15/h3-12H,2,13H2,1H3,(H,25,26,30). The van der Waals surface area contributed by atoms with E-state index in [0.717, 1.165) is 21.7 Å². The molecule has 1 N–H and O–H groups in total. The van der Waals surface area contributed by atoms with Crippen molar-refractivity contribution in [2.24, 2.45) is 0 Å². The molecule has 0 radical (unpaired) electrons. The molecule has 3 aromatic heterocycles. The lowest BCUT2D eigenvalue weighted by Gasteiger charge is -2.09. The predicted octanol–water partition coefficient (Wildman–Crippen LogP) is 5.92. The summed E-state index contributed by atoms with van der Waals surface area (Å²) < 4.78 is 13.8. The Morgan fingerprint density at radius 1 is 1.21 bits per heavy atom. The first-order chi connectivity index (χ1) is 16.6. The van der Waals surface area contributed by atoms with Gasteiger partial charge in [-0.1, -0.05) is 34.7 Å². The van der Waals surface area contributed by atoms with Crippen LogP contribution < -0.4 is 10.1 Å². The summed E-state index contributed by atoms with van der Waals surface area (Å²) in [5.74, 6) is 1.82. The summed E-state index contributed by atoms with van der Waals surface area (Å²) in [5.41, 5.74) is 1.61. The molecule has 11 heteroatoms. The lowest BCUT2D eigenvalue weighted by atomic mass is 10.3. The van der Waals surface area contributed by atoms with Gasteiger partial charge in [-0.15, -0.1) is 10.2 Å². The Hall–Kier alpha value is -3.34. The minimum absolute atomic E-state index is 0.129. The number of thioether (sulfide) groups is 1. The van der Waals surface area contributed by atoms with Gasteiger partial charge < -0.3 is 14.5 Å². The highest BCUT2D eigenvalue weighted by Crippen LogP contribution is 2.31. The Morgan fingerprint density at radius 3 is 2.82 bits per heavy atom. The summed E-state index contributed by atoms with van der Waals surface area (Å²) in [6.45, 7) is 2.53. The van der Waals surface area contributed by atoms with Crippen LogP contribution >= 0.6 is 34.7 Å². The highest BCUT2D eigenvalue weighted by atomic mass is 35.5. The zero-order valence-corrected chi connectivity index (χ0v) is 20.3. The van der Waals surface area contributed by atoms with Gasteiger partial charge in [0.15, 0.2) is 16.0 Å². The number of nitrogens with one attached hydrogen (secondary N) is 1. The van der Waals surface area contributed by atoms with E-state index in [1.54, 1.807) is 24.5 Å². The van der Waals surface area contributed by atoms with Crippen LogP contribution in [0, 0.1) is 0 Å². The number of carbonyl (C=O) groups is 1. The number of anilines is 1. The molecule has 0 fully saturated rings. The van der Waals surface area contributed by atoms with E-state index in [1.165, 1.54) is 23.1 Å². The molecule has 0 aliphatic heterocycles. The molecule has 172 valence electrons. The predicted molar refractivity (Wildman–Crippen MR) is 134 cm³/mol. The van der Waals surface area contributed by atoms with E-state index < -0.39 is 0 Å². The second kappa shape index (κ2) is 9.88. The molecular weight excluding hydrogens is 494 g/mol. The molecule has 0 aliphatic rings. The maximum Gasteiger partial charge on any atom is 0.236 e. The summed E-state index contributed by atoms with van der Waals surface area (Å²) in [6, 6.07) is 16.6. The Kier molecular flexibility index (Phi) is 6.52. The van der Waals surface area contributed by atoms with Crippen LogP contribution in [0.5, 0.6) is 5.75 Å². The first-order valence-corrected chi connectivity index (χ1v) is 12.5. The van der Waals surface area contributed by atoms with Gasteiger partial charge in [-0.05, 0) is 61.5 Å². The number of hydrogen-bond acceptors (Lipinski definition) is 8. The van der Waals surface area contributed by atoms with Crippen LogP contribution in [0.3, 0.4) is 0 Å². The minimum atomic E-state index is -0.195. The first-order valence-electron chi connectivity index (χ1n) is 10.3. The first kappa shape index (κ1) is 22.5. The van der Waals surface area contributed by atoms with Gasteiger partial charge in [-0.2, -0.15) is 0 Å². The van der Waals surface area contributed by atoms with E-state index in [2.05, 4.69) is 20.5 Å². The Labute approximate surface area is 207 Å². The highest BCUT2D eigenvalue weighted by molar-refractivity contribution is 7.99. The number of fused-ring (bicyclic) bond motifs is 1. The fourth-order valence-corrected chi connectivity index (χ4v) is 5.04. The van der Waals surface area contributed by atoms with E-state index in [-0.39, 0.29) is 11.7 Å². The number of furan rings is 1. The molecule has 1 amide bonds.